The van der Waals surface area contributed by atoms with Gasteiger partial charge in [-0.3, -0.25) is 9.63 Å². The van der Waals surface area contributed by atoms with Crippen molar-refractivity contribution >= 4 is 11.6 Å². The van der Waals surface area contributed by atoms with Crippen LogP contribution in [0, 0.1) is 11.8 Å². The fourth-order valence-corrected chi connectivity index (χ4v) is 7.27. The number of hydrogen-bond donors (Lipinski definition) is 0. The summed E-state index contributed by atoms with van der Waals surface area (Å²) < 4.78 is 1.76. The summed E-state index contributed by atoms with van der Waals surface area (Å²) in [7, 11) is 0. The van der Waals surface area contributed by atoms with E-state index in [1.165, 1.54) is 5.56 Å². The maximum atomic E-state index is 15.4. The highest BCUT2D eigenvalue weighted by atomic mass is 16.7. The second-order valence-electron chi connectivity index (χ2n) is 12.6. The standard InChI is InChI=1S/C39H39N3O2/c1-26(2)32-25-24-27(3)33-35(32)40-41(36(33)28-16-8-4-9-17-28)39(43)34-37(29-18-10-5-11-19-29)42(31-22-14-7-15-23-31)44-38(34)30-20-12-6-13-21-30/h4-23,26-27,32,34,37-38H,24-25H2,1-3H3/t27-,32-,34+,37-,38-/m1/s1. The van der Waals surface area contributed by atoms with Crippen molar-refractivity contribution in [1.29, 1.82) is 0 Å². The van der Waals surface area contributed by atoms with Gasteiger partial charge in [0.25, 0.3) is 5.91 Å². The molecule has 0 N–H and O–H groups in total. The van der Waals surface area contributed by atoms with Gasteiger partial charge in [-0.15, -0.1) is 0 Å². The van der Waals surface area contributed by atoms with E-state index in [1.807, 2.05) is 90.0 Å². The van der Waals surface area contributed by atoms with Crippen molar-refractivity contribution < 1.29 is 9.63 Å². The van der Waals surface area contributed by atoms with Gasteiger partial charge in [0.2, 0.25) is 0 Å². The lowest BCUT2D eigenvalue weighted by Crippen LogP contribution is -2.32. The first-order valence-corrected chi connectivity index (χ1v) is 15.9. The summed E-state index contributed by atoms with van der Waals surface area (Å²) in [5, 5.41) is 7.22. The normalized spacial score (nSPS) is 23.1. The third kappa shape index (κ3) is 4.95. The number of anilines is 1. The van der Waals surface area contributed by atoms with E-state index in [0.717, 1.165) is 46.6 Å². The number of fused-ring (bicyclic) bond motifs is 1. The molecule has 4 aromatic carbocycles. The SMILES string of the molecule is CC(C)[C@H]1CC[C@@H](C)c2c1nn(C(=O)[C@@H]1[C@@H](c3ccccc3)ON(c3ccccc3)[C@@H]1c1ccccc1)c2-c1ccccc1. The van der Waals surface area contributed by atoms with Gasteiger partial charge >= 0.3 is 0 Å². The van der Waals surface area contributed by atoms with Crippen LogP contribution in [0.25, 0.3) is 11.3 Å². The Morgan fingerprint density at radius 2 is 1.34 bits per heavy atom. The molecule has 1 aliphatic heterocycles. The molecule has 44 heavy (non-hydrogen) atoms. The first-order valence-electron chi connectivity index (χ1n) is 15.9. The van der Waals surface area contributed by atoms with E-state index < -0.39 is 12.0 Å². The van der Waals surface area contributed by atoms with Crippen molar-refractivity contribution in [2.75, 3.05) is 5.06 Å². The number of hydroxylamine groups is 1. The highest BCUT2D eigenvalue weighted by molar-refractivity contribution is 5.89. The molecule has 1 aromatic heterocycles. The fourth-order valence-electron chi connectivity index (χ4n) is 7.27. The predicted octanol–water partition coefficient (Wildman–Crippen LogP) is 9.38. The van der Waals surface area contributed by atoms with E-state index in [4.69, 9.17) is 9.94 Å². The molecule has 222 valence electrons. The molecule has 0 radical (unpaired) electrons. The number of aromatic nitrogens is 2. The van der Waals surface area contributed by atoms with Gasteiger partial charge in [-0.2, -0.15) is 9.78 Å². The van der Waals surface area contributed by atoms with E-state index in [0.29, 0.717) is 17.8 Å². The van der Waals surface area contributed by atoms with Gasteiger partial charge in [-0.25, -0.2) is 5.06 Å². The summed E-state index contributed by atoms with van der Waals surface area (Å²) in [6.07, 6.45) is 1.67. The van der Waals surface area contributed by atoms with Crippen LogP contribution in [0.3, 0.4) is 0 Å². The number of carbonyl (C=O) groups is 1. The van der Waals surface area contributed by atoms with Crippen molar-refractivity contribution in [2.24, 2.45) is 11.8 Å². The van der Waals surface area contributed by atoms with Crippen LogP contribution in [0.5, 0.6) is 0 Å². The molecule has 1 aliphatic carbocycles. The Hall–Kier alpha value is -4.48. The Morgan fingerprint density at radius 3 is 1.95 bits per heavy atom. The number of carbonyl (C=O) groups excluding carboxylic acids is 1. The second kappa shape index (κ2) is 11.9. The van der Waals surface area contributed by atoms with Gasteiger partial charge in [0.05, 0.1) is 23.1 Å². The molecular formula is C39H39N3O2. The summed E-state index contributed by atoms with van der Waals surface area (Å²) in [5.74, 6) is 0.451. The van der Waals surface area contributed by atoms with E-state index in [2.05, 4.69) is 57.2 Å². The Kier molecular flexibility index (Phi) is 7.65. The summed E-state index contributed by atoms with van der Waals surface area (Å²) in [6.45, 7) is 6.83. The van der Waals surface area contributed by atoms with Crippen LogP contribution in [0.1, 0.15) is 84.8 Å². The zero-order valence-electron chi connectivity index (χ0n) is 25.6. The molecule has 0 bridgehead atoms. The zero-order valence-corrected chi connectivity index (χ0v) is 25.6. The number of para-hydroxylation sites is 1. The summed E-state index contributed by atoms with van der Waals surface area (Å²) in [6, 6.07) is 40.5. The lowest BCUT2D eigenvalue weighted by molar-refractivity contribution is 0.0542. The van der Waals surface area contributed by atoms with Crippen LogP contribution in [-0.4, -0.2) is 15.7 Å². The summed E-state index contributed by atoms with van der Waals surface area (Å²) in [4.78, 5) is 22.2. The Bertz CT molecular complexity index is 1720. The van der Waals surface area contributed by atoms with Gasteiger partial charge in [0.1, 0.15) is 12.0 Å². The van der Waals surface area contributed by atoms with Crippen molar-refractivity contribution in [3.8, 4) is 11.3 Å². The van der Waals surface area contributed by atoms with Gasteiger partial charge < -0.3 is 0 Å². The van der Waals surface area contributed by atoms with Gasteiger partial charge in [0.15, 0.2) is 0 Å². The van der Waals surface area contributed by atoms with Gasteiger partial charge in [0, 0.05) is 17.0 Å². The smallest absolute Gasteiger partial charge is 0.256 e. The van der Waals surface area contributed by atoms with E-state index >= 15 is 4.79 Å². The second-order valence-corrected chi connectivity index (χ2v) is 12.6. The van der Waals surface area contributed by atoms with Crippen LogP contribution in [0.2, 0.25) is 0 Å². The zero-order chi connectivity index (χ0) is 30.2. The van der Waals surface area contributed by atoms with Crippen molar-refractivity contribution in [3.05, 3.63) is 144 Å². The number of hydrogen-bond acceptors (Lipinski definition) is 4. The van der Waals surface area contributed by atoms with E-state index in [9.17, 15) is 0 Å². The Morgan fingerprint density at radius 1 is 0.773 bits per heavy atom. The first-order chi connectivity index (χ1) is 21.5. The van der Waals surface area contributed by atoms with Crippen LogP contribution < -0.4 is 5.06 Å². The van der Waals surface area contributed by atoms with E-state index in [-0.39, 0.29) is 11.9 Å². The van der Waals surface area contributed by atoms with Gasteiger partial charge in [-0.1, -0.05) is 130 Å². The fraction of sp³-hybridized carbons (Fsp3) is 0.282. The largest absolute Gasteiger partial charge is 0.272 e. The van der Waals surface area contributed by atoms with Crippen molar-refractivity contribution in [3.63, 3.8) is 0 Å². The minimum Gasteiger partial charge on any atom is -0.272 e. The minimum atomic E-state index is -0.559. The van der Waals surface area contributed by atoms with Crippen LogP contribution >= 0.6 is 0 Å². The molecule has 0 spiro atoms. The monoisotopic (exact) mass is 581 g/mol. The molecule has 0 saturated carbocycles. The Balaban J connectivity index is 1.45. The quantitative estimate of drug-likeness (QED) is 0.200. The summed E-state index contributed by atoms with van der Waals surface area (Å²) >= 11 is 0. The molecule has 5 nitrogen and oxygen atoms in total. The number of nitrogens with zero attached hydrogens (tertiary/aromatic N) is 3. The highest BCUT2D eigenvalue weighted by Gasteiger charge is 2.51. The third-order valence-corrected chi connectivity index (χ3v) is 9.48. The topological polar surface area (TPSA) is 47.4 Å². The lowest BCUT2D eigenvalue weighted by atomic mass is 9.75. The van der Waals surface area contributed by atoms with Crippen molar-refractivity contribution in [1.82, 2.24) is 9.78 Å². The van der Waals surface area contributed by atoms with Crippen LogP contribution in [0.15, 0.2) is 121 Å². The highest BCUT2D eigenvalue weighted by Crippen LogP contribution is 2.51. The Labute approximate surface area is 260 Å². The van der Waals surface area contributed by atoms with Crippen LogP contribution in [0.4, 0.5) is 5.69 Å². The predicted molar refractivity (Wildman–Crippen MR) is 175 cm³/mol. The van der Waals surface area contributed by atoms with Crippen LogP contribution in [-0.2, 0) is 4.84 Å². The molecule has 5 heteroatoms. The third-order valence-electron chi connectivity index (χ3n) is 9.48. The molecular weight excluding hydrogens is 542 g/mol. The molecule has 7 rings (SSSR count). The number of benzene rings is 4. The average Bonchev–Trinajstić information content (AvgIpc) is 3.67. The molecule has 1 saturated heterocycles. The molecule has 5 atom stereocenters. The maximum absolute atomic E-state index is 15.4. The average molecular weight is 582 g/mol. The maximum Gasteiger partial charge on any atom is 0.256 e. The van der Waals surface area contributed by atoms with Gasteiger partial charge in [-0.05, 0) is 47.9 Å². The molecule has 0 amide bonds. The molecule has 1 fully saturated rings. The van der Waals surface area contributed by atoms with Crippen molar-refractivity contribution in [2.45, 2.75) is 57.6 Å². The molecule has 2 aliphatic rings. The molecule has 0 unspecified atom stereocenters. The summed E-state index contributed by atoms with van der Waals surface area (Å²) in [5.41, 5.74) is 7.17. The number of rotatable bonds is 6. The molecule has 2 heterocycles. The minimum absolute atomic E-state index is 0.0471. The lowest BCUT2D eigenvalue weighted by Gasteiger charge is -2.29. The first kappa shape index (κ1) is 28.3. The molecule has 5 aromatic rings. The van der Waals surface area contributed by atoms with E-state index in [1.54, 1.807) is 4.68 Å².